The van der Waals surface area contributed by atoms with Crippen molar-refractivity contribution < 1.29 is 13.5 Å². The third kappa shape index (κ3) is 5.03. The second kappa shape index (κ2) is 10.1. The summed E-state index contributed by atoms with van der Waals surface area (Å²) in [6.45, 7) is 11.0. The topological polar surface area (TPSA) is 53.2 Å². The van der Waals surface area contributed by atoms with Crippen molar-refractivity contribution in [3.63, 3.8) is 0 Å². The average molecular weight is 516 g/mol. The number of furan rings is 1. The lowest BCUT2D eigenvalue weighted by molar-refractivity contribution is 0.0195. The van der Waals surface area contributed by atoms with E-state index in [1.54, 1.807) is 6.07 Å². The molecule has 1 N–H and O–H groups in total. The average Bonchev–Trinajstić information content (AvgIpc) is 3.32. The molecule has 2 aliphatic rings. The third-order valence-electron chi connectivity index (χ3n) is 5.73. The first-order valence-corrected chi connectivity index (χ1v) is 10.2. The van der Waals surface area contributed by atoms with Crippen LogP contribution in [0, 0.1) is 12.7 Å². The van der Waals surface area contributed by atoms with Crippen LogP contribution >= 0.6 is 24.0 Å². The van der Waals surface area contributed by atoms with Gasteiger partial charge in [0, 0.05) is 49.7 Å². The molecule has 1 atom stereocenters. The number of benzene rings is 1. The lowest BCUT2D eigenvalue weighted by Gasteiger charge is -2.32. The van der Waals surface area contributed by atoms with Crippen LogP contribution in [0.1, 0.15) is 24.7 Å². The predicted molar refractivity (Wildman–Crippen MR) is 124 cm³/mol. The number of hydrogen-bond acceptors (Lipinski definition) is 4. The summed E-state index contributed by atoms with van der Waals surface area (Å²) in [4.78, 5) is 9.69. The van der Waals surface area contributed by atoms with Gasteiger partial charge in [0.1, 0.15) is 23.7 Å². The van der Waals surface area contributed by atoms with Gasteiger partial charge in [-0.15, -0.1) is 24.0 Å². The zero-order chi connectivity index (χ0) is 19.5. The molecule has 0 aliphatic carbocycles. The molecule has 2 aromatic rings. The van der Waals surface area contributed by atoms with Crippen molar-refractivity contribution in [3.8, 4) is 0 Å². The fraction of sp³-hybridized carbons (Fsp3) is 0.571. The third-order valence-corrected chi connectivity index (χ3v) is 5.73. The number of hydrogen-bond donors (Lipinski definition) is 1. The van der Waals surface area contributed by atoms with E-state index in [0.717, 1.165) is 75.0 Å². The number of aliphatic imine (C=N–C) groups is 1. The fourth-order valence-corrected chi connectivity index (χ4v) is 4.14. The Balaban J connectivity index is 0.00000240. The molecule has 2 fully saturated rings. The van der Waals surface area contributed by atoms with Gasteiger partial charge < -0.3 is 19.4 Å². The van der Waals surface area contributed by atoms with E-state index in [2.05, 4.69) is 22.0 Å². The van der Waals surface area contributed by atoms with Gasteiger partial charge in [-0.3, -0.25) is 4.90 Å². The van der Waals surface area contributed by atoms with Gasteiger partial charge in [-0.25, -0.2) is 9.38 Å². The van der Waals surface area contributed by atoms with Crippen LogP contribution in [0.5, 0.6) is 0 Å². The van der Waals surface area contributed by atoms with E-state index in [1.165, 1.54) is 12.1 Å². The molecule has 0 spiro atoms. The van der Waals surface area contributed by atoms with Gasteiger partial charge in [0.15, 0.2) is 5.96 Å². The van der Waals surface area contributed by atoms with Crippen LogP contribution in [0.15, 0.2) is 27.6 Å². The van der Waals surface area contributed by atoms with Crippen molar-refractivity contribution in [1.82, 2.24) is 15.1 Å². The van der Waals surface area contributed by atoms with E-state index in [1.807, 2.05) is 6.92 Å². The minimum absolute atomic E-state index is 0. The van der Waals surface area contributed by atoms with Crippen LogP contribution in [-0.4, -0.2) is 67.7 Å². The van der Waals surface area contributed by atoms with Gasteiger partial charge >= 0.3 is 0 Å². The molecule has 4 rings (SSSR count). The van der Waals surface area contributed by atoms with E-state index in [9.17, 15) is 4.39 Å². The van der Waals surface area contributed by atoms with E-state index in [4.69, 9.17) is 14.1 Å². The second-order valence-corrected chi connectivity index (χ2v) is 7.50. The maximum Gasteiger partial charge on any atom is 0.194 e. The molecule has 0 bridgehead atoms. The van der Waals surface area contributed by atoms with Crippen LogP contribution in [0.2, 0.25) is 0 Å². The fourth-order valence-electron chi connectivity index (χ4n) is 4.14. The highest BCUT2D eigenvalue weighted by atomic mass is 127. The zero-order valence-corrected chi connectivity index (χ0v) is 19.4. The van der Waals surface area contributed by atoms with Gasteiger partial charge in [-0.2, -0.15) is 0 Å². The van der Waals surface area contributed by atoms with E-state index in [0.29, 0.717) is 18.2 Å². The maximum atomic E-state index is 13.5. The van der Waals surface area contributed by atoms with Gasteiger partial charge in [-0.05, 0) is 38.5 Å². The van der Waals surface area contributed by atoms with Crippen LogP contribution in [-0.2, 0) is 11.3 Å². The normalized spacial score (nSPS) is 20.9. The van der Waals surface area contributed by atoms with Crippen molar-refractivity contribution in [3.05, 3.63) is 35.3 Å². The molecule has 0 saturated carbocycles. The molecule has 8 heteroatoms. The molecule has 0 radical (unpaired) electrons. The number of guanidine groups is 1. The van der Waals surface area contributed by atoms with Crippen molar-refractivity contribution in [1.29, 1.82) is 0 Å². The Labute approximate surface area is 188 Å². The minimum atomic E-state index is -0.244. The van der Waals surface area contributed by atoms with E-state index < -0.39 is 0 Å². The van der Waals surface area contributed by atoms with Crippen LogP contribution in [0.25, 0.3) is 11.0 Å². The van der Waals surface area contributed by atoms with E-state index >= 15 is 0 Å². The van der Waals surface area contributed by atoms with Gasteiger partial charge in [0.05, 0.1) is 13.2 Å². The Morgan fingerprint density at radius 2 is 2.07 bits per heavy atom. The lowest BCUT2D eigenvalue weighted by atomic mass is 10.1. The highest BCUT2D eigenvalue weighted by molar-refractivity contribution is 14.0. The SMILES string of the molecule is CCNC(=NCc1oc2ccc(F)cc2c1C)N1CCC(N2CCOCC2)C1.I. The molecule has 2 saturated heterocycles. The number of rotatable bonds is 4. The lowest BCUT2D eigenvalue weighted by Crippen LogP contribution is -2.46. The molecule has 29 heavy (non-hydrogen) atoms. The van der Waals surface area contributed by atoms with Gasteiger partial charge in [0.25, 0.3) is 0 Å². The Morgan fingerprint density at radius 1 is 1.28 bits per heavy atom. The molecule has 0 amide bonds. The van der Waals surface area contributed by atoms with Crippen molar-refractivity contribution in [2.45, 2.75) is 32.9 Å². The molecular formula is C21H30FIN4O2. The molecule has 6 nitrogen and oxygen atoms in total. The van der Waals surface area contributed by atoms with Gasteiger partial charge in [-0.1, -0.05) is 0 Å². The van der Waals surface area contributed by atoms with Crippen molar-refractivity contribution >= 4 is 40.9 Å². The standard InChI is InChI=1S/C21H29FN4O2.HI/c1-3-23-21(26-7-6-17(14-26)25-8-10-27-11-9-25)24-13-20-15(2)18-12-16(22)4-5-19(18)28-20;/h4-5,12,17H,3,6-11,13-14H2,1-2H3,(H,23,24);1H. The number of morpholine rings is 1. The molecule has 3 heterocycles. The number of likely N-dealkylation sites (tertiary alicyclic amines) is 1. The Kier molecular flexibility index (Phi) is 7.75. The van der Waals surface area contributed by atoms with Crippen molar-refractivity contribution in [2.24, 2.45) is 4.99 Å². The van der Waals surface area contributed by atoms with E-state index in [-0.39, 0.29) is 29.8 Å². The molecule has 1 unspecified atom stereocenters. The molecule has 160 valence electrons. The Hall–Kier alpha value is -1.39. The summed E-state index contributed by atoms with van der Waals surface area (Å²) < 4.78 is 24.9. The number of nitrogens with one attached hydrogen (secondary N) is 1. The second-order valence-electron chi connectivity index (χ2n) is 7.50. The largest absolute Gasteiger partial charge is 0.459 e. The summed E-state index contributed by atoms with van der Waals surface area (Å²) in [5.74, 6) is 1.47. The Morgan fingerprint density at radius 3 is 2.83 bits per heavy atom. The summed E-state index contributed by atoms with van der Waals surface area (Å²) in [7, 11) is 0. The minimum Gasteiger partial charge on any atom is -0.459 e. The predicted octanol–water partition coefficient (Wildman–Crippen LogP) is 3.37. The summed E-state index contributed by atoms with van der Waals surface area (Å²) in [6, 6.07) is 5.20. The summed E-state index contributed by atoms with van der Waals surface area (Å²) in [6.07, 6.45) is 1.15. The molecule has 1 aromatic carbocycles. The number of fused-ring (bicyclic) bond motifs is 1. The molecule has 2 aliphatic heterocycles. The van der Waals surface area contributed by atoms with Gasteiger partial charge in [0.2, 0.25) is 0 Å². The smallest absolute Gasteiger partial charge is 0.194 e. The quantitative estimate of drug-likeness (QED) is 0.384. The summed E-state index contributed by atoms with van der Waals surface area (Å²) in [5.41, 5.74) is 1.67. The highest BCUT2D eigenvalue weighted by Gasteiger charge is 2.30. The first kappa shape index (κ1) is 22.3. The summed E-state index contributed by atoms with van der Waals surface area (Å²) >= 11 is 0. The number of nitrogens with zero attached hydrogens (tertiary/aromatic N) is 3. The monoisotopic (exact) mass is 516 g/mol. The number of halogens is 2. The first-order valence-electron chi connectivity index (χ1n) is 10.2. The highest BCUT2D eigenvalue weighted by Crippen LogP contribution is 2.26. The van der Waals surface area contributed by atoms with Crippen LogP contribution < -0.4 is 5.32 Å². The Bertz CT molecular complexity index is 851. The number of ether oxygens (including phenoxy) is 1. The summed E-state index contributed by atoms with van der Waals surface area (Å²) in [5, 5.41) is 4.23. The zero-order valence-electron chi connectivity index (χ0n) is 17.1. The van der Waals surface area contributed by atoms with Crippen LogP contribution in [0.4, 0.5) is 4.39 Å². The molecular weight excluding hydrogens is 486 g/mol. The maximum absolute atomic E-state index is 13.5. The number of aryl methyl sites for hydroxylation is 1. The van der Waals surface area contributed by atoms with Crippen LogP contribution in [0.3, 0.4) is 0 Å². The van der Waals surface area contributed by atoms with Crippen molar-refractivity contribution in [2.75, 3.05) is 45.9 Å². The molecule has 1 aromatic heterocycles. The first-order chi connectivity index (χ1) is 13.7.